The van der Waals surface area contributed by atoms with Crippen molar-refractivity contribution in [3.05, 3.63) is 56.2 Å². The fourth-order valence-electron chi connectivity index (χ4n) is 1.80. The van der Waals surface area contributed by atoms with Crippen LogP contribution in [0.15, 0.2) is 23.1 Å². The van der Waals surface area contributed by atoms with Crippen molar-refractivity contribution >= 4 is 11.6 Å². The van der Waals surface area contributed by atoms with Crippen molar-refractivity contribution in [2.45, 2.75) is 20.0 Å². The van der Waals surface area contributed by atoms with Crippen LogP contribution in [0.2, 0.25) is 5.02 Å². The van der Waals surface area contributed by atoms with Crippen LogP contribution in [0.1, 0.15) is 16.7 Å². The third-order valence-corrected chi connectivity index (χ3v) is 3.39. The van der Waals surface area contributed by atoms with Gasteiger partial charge in [-0.1, -0.05) is 11.6 Å². The van der Waals surface area contributed by atoms with E-state index in [9.17, 15) is 22.4 Å². The van der Waals surface area contributed by atoms with Crippen LogP contribution in [0, 0.1) is 19.7 Å². The summed E-state index contributed by atoms with van der Waals surface area (Å²) in [6, 6.07) is 2.23. The third-order valence-electron chi connectivity index (χ3n) is 2.98. The summed E-state index contributed by atoms with van der Waals surface area (Å²) in [5.74, 6) is -0.848. The van der Waals surface area contributed by atoms with E-state index >= 15 is 0 Å². The molecule has 0 radical (unpaired) electrons. The maximum atomic E-state index is 13.9. The molecule has 1 aromatic carbocycles. The number of hydrogen-bond acceptors (Lipinski definition) is 2. The zero-order valence-electron chi connectivity index (χ0n) is 10.9. The highest BCUT2D eigenvalue weighted by Crippen LogP contribution is 2.30. The summed E-state index contributed by atoms with van der Waals surface area (Å²) in [7, 11) is 0. The lowest BCUT2D eigenvalue weighted by Gasteiger charge is -2.12. The fourth-order valence-corrected chi connectivity index (χ4v) is 1.95. The summed E-state index contributed by atoms with van der Waals surface area (Å²) in [5.41, 5.74) is -2.51. The molecule has 0 aliphatic rings. The summed E-state index contributed by atoms with van der Waals surface area (Å²) in [6.45, 7) is 2.59. The molecule has 0 bridgehead atoms. The molecule has 1 heterocycles. The highest BCUT2D eigenvalue weighted by molar-refractivity contribution is 6.31. The van der Waals surface area contributed by atoms with E-state index < -0.39 is 28.7 Å². The van der Waals surface area contributed by atoms with Crippen molar-refractivity contribution in [3.63, 3.8) is 0 Å². The summed E-state index contributed by atoms with van der Waals surface area (Å²) in [6.07, 6.45) is -4.19. The van der Waals surface area contributed by atoms with E-state index in [0.717, 1.165) is 13.0 Å². The standard InChI is InChI=1S/C13H9ClF4N2O/c1-6-3-11(10(15)4-9(6)14)20-12(21)7(2)8(5-19-20)13(16,17)18/h3-5H,1-2H3. The van der Waals surface area contributed by atoms with Crippen LogP contribution in [-0.4, -0.2) is 9.78 Å². The number of aryl methyl sites for hydroxylation is 1. The van der Waals surface area contributed by atoms with Gasteiger partial charge in [0.1, 0.15) is 5.69 Å². The zero-order valence-corrected chi connectivity index (χ0v) is 11.7. The molecule has 0 amide bonds. The number of benzene rings is 1. The van der Waals surface area contributed by atoms with Crippen LogP contribution >= 0.6 is 11.6 Å². The van der Waals surface area contributed by atoms with Crippen LogP contribution in [0.4, 0.5) is 17.6 Å². The minimum Gasteiger partial charge on any atom is -0.267 e. The second kappa shape index (κ2) is 5.14. The van der Waals surface area contributed by atoms with E-state index in [1.54, 1.807) is 6.92 Å². The normalized spacial score (nSPS) is 11.8. The number of hydrogen-bond donors (Lipinski definition) is 0. The predicted molar refractivity (Wildman–Crippen MR) is 69.3 cm³/mol. The summed E-state index contributed by atoms with van der Waals surface area (Å²) in [5, 5.41) is 3.55. The molecule has 1 aromatic heterocycles. The molecule has 3 nitrogen and oxygen atoms in total. The van der Waals surface area contributed by atoms with Crippen molar-refractivity contribution in [2.24, 2.45) is 0 Å². The van der Waals surface area contributed by atoms with Crippen molar-refractivity contribution in [1.82, 2.24) is 9.78 Å². The molecule has 2 rings (SSSR count). The first kappa shape index (κ1) is 15.5. The Balaban J connectivity index is 2.71. The summed E-state index contributed by atoms with van der Waals surface area (Å²) >= 11 is 5.73. The van der Waals surface area contributed by atoms with Crippen LogP contribution < -0.4 is 5.56 Å². The molecule has 0 fully saturated rings. The predicted octanol–water partition coefficient (Wildman–Crippen LogP) is 3.66. The minimum atomic E-state index is -4.69. The maximum Gasteiger partial charge on any atom is 0.418 e. The molecule has 0 saturated carbocycles. The zero-order chi connectivity index (χ0) is 15.9. The quantitative estimate of drug-likeness (QED) is 0.752. The third kappa shape index (κ3) is 2.78. The number of alkyl halides is 3. The van der Waals surface area contributed by atoms with Gasteiger partial charge < -0.3 is 0 Å². The Morgan fingerprint density at radius 3 is 2.43 bits per heavy atom. The Morgan fingerprint density at radius 2 is 1.86 bits per heavy atom. The molecule has 112 valence electrons. The van der Waals surface area contributed by atoms with E-state index in [1.807, 2.05) is 0 Å². The Morgan fingerprint density at radius 1 is 1.24 bits per heavy atom. The van der Waals surface area contributed by atoms with Crippen molar-refractivity contribution in [2.75, 3.05) is 0 Å². The molecule has 0 aliphatic carbocycles. The number of nitrogens with zero attached hydrogens (tertiary/aromatic N) is 2. The van der Waals surface area contributed by atoms with Gasteiger partial charge in [-0.05, 0) is 31.5 Å². The fraction of sp³-hybridized carbons (Fsp3) is 0.231. The van der Waals surface area contributed by atoms with Crippen molar-refractivity contribution < 1.29 is 17.6 Å². The van der Waals surface area contributed by atoms with E-state index in [1.165, 1.54) is 6.07 Å². The highest BCUT2D eigenvalue weighted by atomic mass is 35.5. The second-order valence-corrected chi connectivity index (χ2v) is 4.86. The first-order chi connectivity index (χ1) is 9.62. The number of aromatic nitrogens is 2. The molecule has 0 unspecified atom stereocenters. The largest absolute Gasteiger partial charge is 0.418 e. The Bertz CT molecular complexity index is 768. The molecular formula is C13H9ClF4N2O. The van der Waals surface area contributed by atoms with E-state index in [4.69, 9.17) is 11.6 Å². The molecule has 0 N–H and O–H groups in total. The molecule has 0 aliphatic heterocycles. The molecule has 0 spiro atoms. The average molecular weight is 321 g/mol. The number of halogens is 5. The maximum absolute atomic E-state index is 13.9. The summed E-state index contributed by atoms with van der Waals surface area (Å²) in [4.78, 5) is 12.0. The van der Waals surface area contributed by atoms with Gasteiger partial charge in [-0.25, -0.2) is 4.39 Å². The number of rotatable bonds is 1. The molecular weight excluding hydrogens is 312 g/mol. The first-order valence-electron chi connectivity index (χ1n) is 5.75. The summed E-state index contributed by atoms with van der Waals surface area (Å²) < 4.78 is 52.5. The average Bonchev–Trinajstić information content (AvgIpc) is 2.36. The van der Waals surface area contributed by atoms with Gasteiger partial charge in [0.25, 0.3) is 5.56 Å². The molecule has 8 heteroatoms. The van der Waals surface area contributed by atoms with E-state index in [-0.39, 0.29) is 10.7 Å². The van der Waals surface area contributed by atoms with Gasteiger partial charge >= 0.3 is 6.18 Å². The Kier molecular flexibility index (Phi) is 3.79. The molecule has 21 heavy (non-hydrogen) atoms. The first-order valence-corrected chi connectivity index (χ1v) is 6.13. The van der Waals surface area contributed by atoms with Gasteiger partial charge in [-0.3, -0.25) is 4.79 Å². The lowest BCUT2D eigenvalue weighted by atomic mass is 10.1. The lowest BCUT2D eigenvalue weighted by molar-refractivity contribution is -0.138. The van der Waals surface area contributed by atoms with Gasteiger partial charge in [0.2, 0.25) is 0 Å². The Labute approximate surface area is 121 Å². The van der Waals surface area contributed by atoms with Gasteiger partial charge in [0.15, 0.2) is 5.82 Å². The SMILES string of the molecule is Cc1cc(-n2ncc(C(F)(F)F)c(C)c2=O)c(F)cc1Cl. The van der Waals surface area contributed by atoms with Crippen LogP contribution in [0.3, 0.4) is 0 Å². The van der Waals surface area contributed by atoms with Crippen molar-refractivity contribution in [3.8, 4) is 5.69 Å². The van der Waals surface area contributed by atoms with Gasteiger partial charge in [-0.2, -0.15) is 23.0 Å². The van der Waals surface area contributed by atoms with E-state index in [2.05, 4.69) is 5.10 Å². The van der Waals surface area contributed by atoms with Crippen LogP contribution in [-0.2, 0) is 6.18 Å². The van der Waals surface area contributed by atoms with Crippen LogP contribution in [0.25, 0.3) is 5.69 Å². The van der Waals surface area contributed by atoms with Gasteiger partial charge in [0.05, 0.1) is 11.8 Å². The lowest BCUT2D eigenvalue weighted by Crippen LogP contribution is -2.27. The Hall–Kier alpha value is -1.89. The van der Waals surface area contributed by atoms with E-state index in [0.29, 0.717) is 16.4 Å². The highest BCUT2D eigenvalue weighted by Gasteiger charge is 2.34. The topological polar surface area (TPSA) is 34.9 Å². The van der Waals surface area contributed by atoms with Gasteiger partial charge in [-0.15, -0.1) is 0 Å². The molecule has 0 saturated heterocycles. The monoisotopic (exact) mass is 320 g/mol. The second-order valence-electron chi connectivity index (χ2n) is 4.45. The smallest absolute Gasteiger partial charge is 0.267 e. The minimum absolute atomic E-state index is 0.146. The molecule has 0 atom stereocenters. The molecule has 2 aromatic rings. The van der Waals surface area contributed by atoms with Crippen LogP contribution in [0.5, 0.6) is 0 Å². The van der Waals surface area contributed by atoms with Crippen molar-refractivity contribution in [1.29, 1.82) is 0 Å². The van der Waals surface area contributed by atoms with Gasteiger partial charge in [0, 0.05) is 10.6 Å².